The molecule has 1 rings (SSSR count). The zero-order valence-corrected chi connectivity index (χ0v) is 9.85. The lowest BCUT2D eigenvalue weighted by atomic mass is 10.2. The second-order valence-corrected chi connectivity index (χ2v) is 3.60. The molecule has 1 amide bonds. The molecule has 0 aliphatic rings. The molecule has 1 aromatic rings. The van der Waals surface area contributed by atoms with Gasteiger partial charge in [0.25, 0.3) is 5.91 Å². The molecule has 0 aliphatic heterocycles. The third-order valence-electron chi connectivity index (χ3n) is 2.18. The van der Waals surface area contributed by atoms with Crippen LogP contribution in [0.4, 0.5) is 0 Å². The predicted octanol–water partition coefficient (Wildman–Crippen LogP) is 1.25. The fraction of sp³-hybridized carbons (Fsp3) is 0.308. The molecule has 4 nitrogen and oxygen atoms in total. The minimum absolute atomic E-state index is 0.0474. The van der Waals surface area contributed by atoms with Gasteiger partial charge in [0, 0.05) is 6.54 Å². The fourth-order valence-electron chi connectivity index (χ4n) is 1.29. The molecule has 0 saturated carbocycles. The topological polar surface area (TPSA) is 58.6 Å². The highest BCUT2D eigenvalue weighted by Gasteiger charge is 2.13. The van der Waals surface area contributed by atoms with Crippen molar-refractivity contribution in [3.8, 4) is 5.75 Å². The van der Waals surface area contributed by atoms with E-state index in [0.29, 0.717) is 12.3 Å². The van der Waals surface area contributed by atoms with Gasteiger partial charge >= 0.3 is 0 Å². The van der Waals surface area contributed by atoms with E-state index >= 15 is 0 Å². The van der Waals surface area contributed by atoms with Gasteiger partial charge < -0.3 is 15.2 Å². The molecule has 92 valence electrons. The molecule has 0 bridgehead atoms. The second kappa shape index (κ2) is 6.70. The van der Waals surface area contributed by atoms with Crippen molar-refractivity contribution in [1.29, 1.82) is 0 Å². The summed E-state index contributed by atoms with van der Waals surface area (Å²) in [6, 6.07) is 7.01. The Morgan fingerprint density at radius 3 is 3.06 bits per heavy atom. The van der Waals surface area contributed by atoms with Crippen LogP contribution in [0.25, 0.3) is 0 Å². The highest BCUT2D eigenvalue weighted by molar-refractivity contribution is 5.80. The zero-order valence-electron chi connectivity index (χ0n) is 9.85. The summed E-state index contributed by atoms with van der Waals surface area (Å²) in [5.41, 5.74) is 0.751. The number of benzene rings is 1. The molecule has 0 fully saturated rings. The third kappa shape index (κ3) is 4.28. The Bertz CT molecular complexity index is 390. The van der Waals surface area contributed by atoms with Gasteiger partial charge in [-0.05, 0) is 24.6 Å². The average Bonchev–Trinajstić information content (AvgIpc) is 2.36. The van der Waals surface area contributed by atoms with E-state index in [1.165, 1.54) is 0 Å². The molecule has 2 N–H and O–H groups in total. The molecule has 0 heterocycles. The maximum Gasteiger partial charge on any atom is 0.261 e. The van der Waals surface area contributed by atoms with Crippen LogP contribution in [0.3, 0.4) is 0 Å². The van der Waals surface area contributed by atoms with Crippen LogP contribution in [0.1, 0.15) is 12.5 Å². The molecule has 1 atom stereocenters. The molecule has 4 heteroatoms. The van der Waals surface area contributed by atoms with E-state index < -0.39 is 6.10 Å². The van der Waals surface area contributed by atoms with E-state index in [-0.39, 0.29) is 12.5 Å². The Morgan fingerprint density at radius 1 is 1.65 bits per heavy atom. The van der Waals surface area contributed by atoms with Gasteiger partial charge in [0.2, 0.25) is 0 Å². The van der Waals surface area contributed by atoms with Gasteiger partial charge in [-0.15, -0.1) is 6.58 Å². The highest BCUT2D eigenvalue weighted by atomic mass is 16.5. The van der Waals surface area contributed by atoms with E-state index in [9.17, 15) is 4.79 Å². The van der Waals surface area contributed by atoms with Crippen molar-refractivity contribution < 1.29 is 14.6 Å². The SMILES string of the molecule is C=CCNC(=O)C(C)Oc1cccc(CO)c1. The number of carbonyl (C=O) groups excluding carboxylic acids is 1. The van der Waals surface area contributed by atoms with Crippen molar-refractivity contribution >= 4 is 5.91 Å². The number of amides is 1. The number of hydrogen-bond donors (Lipinski definition) is 2. The molecular formula is C13H17NO3. The summed E-state index contributed by atoms with van der Waals surface area (Å²) in [5.74, 6) is 0.372. The summed E-state index contributed by atoms with van der Waals surface area (Å²) in [7, 11) is 0. The van der Waals surface area contributed by atoms with Gasteiger partial charge in [-0.1, -0.05) is 18.2 Å². The molecule has 1 unspecified atom stereocenters. The van der Waals surface area contributed by atoms with E-state index in [4.69, 9.17) is 9.84 Å². The number of carbonyl (C=O) groups is 1. The largest absolute Gasteiger partial charge is 0.481 e. The Balaban J connectivity index is 2.57. The van der Waals surface area contributed by atoms with Crippen LogP contribution in [0, 0.1) is 0 Å². The van der Waals surface area contributed by atoms with Gasteiger partial charge in [-0.2, -0.15) is 0 Å². The molecular weight excluding hydrogens is 218 g/mol. The van der Waals surface area contributed by atoms with Gasteiger partial charge in [-0.25, -0.2) is 0 Å². The van der Waals surface area contributed by atoms with Gasteiger partial charge in [0.15, 0.2) is 6.10 Å². The first kappa shape index (κ1) is 13.3. The minimum Gasteiger partial charge on any atom is -0.481 e. The van der Waals surface area contributed by atoms with Crippen LogP contribution < -0.4 is 10.1 Å². The third-order valence-corrected chi connectivity index (χ3v) is 2.18. The summed E-state index contributed by atoms with van der Waals surface area (Å²) < 4.78 is 5.46. The van der Waals surface area contributed by atoms with Crippen LogP contribution in [-0.2, 0) is 11.4 Å². The standard InChI is InChI=1S/C13H17NO3/c1-3-7-14-13(16)10(2)17-12-6-4-5-11(8-12)9-15/h3-6,8,10,15H,1,7,9H2,2H3,(H,14,16). The first-order valence-corrected chi connectivity index (χ1v) is 5.42. The van der Waals surface area contributed by atoms with E-state index in [0.717, 1.165) is 5.56 Å². The maximum atomic E-state index is 11.5. The van der Waals surface area contributed by atoms with E-state index in [2.05, 4.69) is 11.9 Å². The van der Waals surface area contributed by atoms with Crippen molar-refractivity contribution in [3.63, 3.8) is 0 Å². The summed E-state index contributed by atoms with van der Waals surface area (Å²) >= 11 is 0. The number of ether oxygens (including phenoxy) is 1. The van der Waals surface area contributed by atoms with Crippen LogP contribution in [0.2, 0.25) is 0 Å². The van der Waals surface area contributed by atoms with Crippen LogP contribution in [0.5, 0.6) is 5.75 Å². The quantitative estimate of drug-likeness (QED) is 0.729. The first-order chi connectivity index (χ1) is 8.17. The lowest BCUT2D eigenvalue weighted by Gasteiger charge is -2.14. The Morgan fingerprint density at radius 2 is 2.41 bits per heavy atom. The summed E-state index contributed by atoms with van der Waals surface area (Å²) in [5, 5.41) is 11.6. The lowest BCUT2D eigenvalue weighted by molar-refractivity contribution is -0.127. The van der Waals surface area contributed by atoms with Gasteiger partial charge in [0.1, 0.15) is 5.75 Å². The average molecular weight is 235 g/mol. The highest BCUT2D eigenvalue weighted by Crippen LogP contribution is 2.14. The number of rotatable bonds is 6. The monoisotopic (exact) mass is 235 g/mol. The summed E-state index contributed by atoms with van der Waals surface area (Å²) in [4.78, 5) is 11.5. The lowest BCUT2D eigenvalue weighted by Crippen LogP contribution is -2.36. The normalized spacial score (nSPS) is 11.6. The molecule has 0 aliphatic carbocycles. The van der Waals surface area contributed by atoms with Crippen LogP contribution >= 0.6 is 0 Å². The molecule has 0 saturated heterocycles. The Labute approximate surface area is 101 Å². The number of aliphatic hydroxyl groups excluding tert-OH is 1. The number of hydrogen-bond acceptors (Lipinski definition) is 3. The second-order valence-electron chi connectivity index (χ2n) is 3.60. The minimum atomic E-state index is -0.580. The van der Waals surface area contributed by atoms with Crippen molar-refractivity contribution in [3.05, 3.63) is 42.5 Å². The summed E-state index contributed by atoms with van der Waals surface area (Å²) in [6.45, 7) is 5.56. The molecule has 0 aromatic heterocycles. The maximum absolute atomic E-state index is 11.5. The van der Waals surface area contributed by atoms with E-state index in [1.807, 2.05) is 0 Å². The van der Waals surface area contributed by atoms with Crippen molar-refractivity contribution in [2.75, 3.05) is 6.54 Å². The summed E-state index contributed by atoms with van der Waals surface area (Å²) in [6.07, 6.45) is 1.03. The number of aliphatic hydroxyl groups is 1. The molecule has 0 radical (unpaired) electrons. The van der Waals surface area contributed by atoms with Gasteiger partial charge in [0.05, 0.1) is 6.61 Å². The zero-order chi connectivity index (χ0) is 12.7. The van der Waals surface area contributed by atoms with Crippen molar-refractivity contribution in [2.24, 2.45) is 0 Å². The fourth-order valence-corrected chi connectivity index (χ4v) is 1.29. The smallest absolute Gasteiger partial charge is 0.261 e. The molecule has 17 heavy (non-hydrogen) atoms. The first-order valence-electron chi connectivity index (χ1n) is 5.42. The predicted molar refractivity (Wildman–Crippen MR) is 65.7 cm³/mol. The van der Waals surface area contributed by atoms with Crippen molar-refractivity contribution in [1.82, 2.24) is 5.32 Å². The number of nitrogens with one attached hydrogen (secondary N) is 1. The van der Waals surface area contributed by atoms with Gasteiger partial charge in [-0.3, -0.25) is 4.79 Å². The molecule has 0 spiro atoms. The Hall–Kier alpha value is -1.81. The van der Waals surface area contributed by atoms with Crippen molar-refractivity contribution in [2.45, 2.75) is 19.6 Å². The van der Waals surface area contributed by atoms with Crippen LogP contribution in [0.15, 0.2) is 36.9 Å². The van der Waals surface area contributed by atoms with E-state index in [1.54, 1.807) is 37.3 Å². The molecule has 1 aromatic carbocycles. The van der Waals surface area contributed by atoms with Crippen LogP contribution in [-0.4, -0.2) is 23.7 Å². The Kier molecular flexibility index (Phi) is 5.23.